The first-order chi connectivity index (χ1) is 10.6. The lowest BCUT2D eigenvalue weighted by Crippen LogP contribution is -2.28. The average molecular weight is 322 g/mol. The van der Waals surface area contributed by atoms with Gasteiger partial charge in [-0.3, -0.25) is 0 Å². The summed E-state index contributed by atoms with van der Waals surface area (Å²) in [6, 6.07) is 0. The van der Waals surface area contributed by atoms with Crippen LogP contribution in [0.3, 0.4) is 0 Å². The van der Waals surface area contributed by atoms with E-state index in [0.29, 0.717) is 26.4 Å². The summed E-state index contributed by atoms with van der Waals surface area (Å²) in [4.78, 5) is 0. The van der Waals surface area contributed by atoms with Crippen LogP contribution in [-0.2, 0) is 18.9 Å². The molecule has 0 saturated heterocycles. The molecule has 0 aromatic carbocycles. The van der Waals surface area contributed by atoms with Gasteiger partial charge in [0.25, 0.3) is 0 Å². The quantitative estimate of drug-likeness (QED) is 0.470. The standard InChI is InChI=1S/C9H21NO2.C7H17NO2/c1-4-5-10-8-9(2)12-7-6-11-3;1-7(6-8-2)10-5-4-9-3/h9-10H,4-8H2,1-3H3;7-8H,4-6H2,1-3H3. The third-order valence-corrected chi connectivity index (χ3v) is 2.73. The van der Waals surface area contributed by atoms with Gasteiger partial charge in [0.15, 0.2) is 0 Å². The Bertz CT molecular complexity index is 187. The van der Waals surface area contributed by atoms with E-state index in [4.69, 9.17) is 18.9 Å². The summed E-state index contributed by atoms with van der Waals surface area (Å²) in [7, 11) is 5.27. The highest BCUT2D eigenvalue weighted by atomic mass is 16.5. The van der Waals surface area contributed by atoms with Crippen molar-refractivity contribution < 1.29 is 18.9 Å². The smallest absolute Gasteiger partial charge is 0.0704 e. The van der Waals surface area contributed by atoms with Crippen LogP contribution in [0.1, 0.15) is 27.2 Å². The normalized spacial score (nSPS) is 13.4. The molecule has 0 bridgehead atoms. The molecule has 6 nitrogen and oxygen atoms in total. The van der Waals surface area contributed by atoms with Crippen molar-refractivity contribution in [2.45, 2.75) is 39.4 Å². The van der Waals surface area contributed by atoms with Crippen LogP contribution in [0.2, 0.25) is 0 Å². The summed E-state index contributed by atoms with van der Waals surface area (Å²) in [5, 5.41) is 6.32. The second-order valence-corrected chi connectivity index (χ2v) is 5.11. The van der Waals surface area contributed by atoms with Gasteiger partial charge in [-0.15, -0.1) is 0 Å². The fourth-order valence-corrected chi connectivity index (χ4v) is 1.55. The molecule has 6 heteroatoms. The Morgan fingerprint density at radius 1 is 0.818 bits per heavy atom. The highest BCUT2D eigenvalue weighted by Crippen LogP contribution is 1.88. The van der Waals surface area contributed by atoms with E-state index < -0.39 is 0 Å². The largest absolute Gasteiger partial charge is 0.382 e. The Balaban J connectivity index is 0. The molecule has 0 radical (unpaired) electrons. The minimum atomic E-state index is 0.278. The van der Waals surface area contributed by atoms with Gasteiger partial charge in [-0.05, 0) is 33.9 Å². The summed E-state index contributed by atoms with van der Waals surface area (Å²) in [5.41, 5.74) is 0. The Hall–Kier alpha value is -0.240. The molecule has 0 aliphatic heterocycles. The van der Waals surface area contributed by atoms with Crippen molar-refractivity contribution in [3.05, 3.63) is 0 Å². The number of nitrogens with one attached hydrogen (secondary N) is 2. The number of rotatable bonds is 14. The number of likely N-dealkylation sites (N-methyl/N-ethyl adjacent to an activating group) is 1. The molecular weight excluding hydrogens is 284 g/mol. The molecule has 0 amide bonds. The van der Waals surface area contributed by atoms with Gasteiger partial charge < -0.3 is 29.6 Å². The number of ether oxygens (including phenoxy) is 4. The fraction of sp³-hybridized carbons (Fsp3) is 1.00. The van der Waals surface area contributed by atoms with E-state index in [1.54, 1.807) is 14.2 Å². The van der Waals surface area contributed by atoms with E-state index >= 15 is 0 Å². The van der Waals surface area contributed by atoms with Crippen LogP contribution in [-0.4, -0.2) is 79.5 Å². The Morgan fingerprint density at radius 3 is 1.73 bits per heavy atom. The van der Waals surface area contributed by atoms with Gasteiger partial charge in [0, 0.05) is 27.3 Å². The van der Waals surface area contributed by atoms with Crippen LogP contribution in [0.15, 0.2) is 0 Å². The summed E-state index contributed by atoms with van der Waals surface area (Å²) < 4.78 is 20.5. The molecule has 0 fully saturated rings. The lowest BCUT2D eigenvalue weighted by atomic mass is 10.4. The van der Waals surface area contributed by atoms with Crippen LogP contribution in [0.25, 0.3) is 0 Å². The lowest BCUT2D eigenvalue weighted by molar-refractivity contribution is 0.0268. The molecule has 2 N–H and O–H groups in total. The number of hydrogen-bond donors (Lipinski definition) is 2. The maximum Gasteiger partial charge on any atom is 0.0704 e. The SMILES string of the molecule is CCCNCC(C)OCCOC.CNCC(C)OCCOC. The van der Waals surface area contributed by atoms with E-state index in [9.17, 15) is 0 Å². The monoisotopic (exact) mass is 322 g/mol. The first-order valence-electron chi connectivity index (χ1n) is 8.18. The van der Waals surface area contributed by atoms with E-state index in [1.165, 1.54) is 6.42 Å². The molecule has 2 unspecified atom stereocenters. The zero-order valence-corrected chi connectivity index (χ0v) is 15.4. The predicted molar refractivity (Wildman–Crippen MR) is 91.7 cm³/mol. The minimum absolute atomic E-state index is 0.278. The zero-order valence-electron chi connectivity index (χ0n) is 15.4. The van der Waals surface area contributed by atoms with Crippen molar-refractivity contribution in [2.75, 3.05) is 67.3 Å². The van der Waals surface area contributed by atoms with Crippen molar-refractivity contribution in [3.63, 3.8) is 0 Å². The van der Waals surface area contributed by atoms with Gasteiger partial charge in [0.1, 0.15) is 0 Å². The van der Waals surface area contributed by atoms with Crippen molar-refractivity contribution >= 4 is 0 Å². The predicted octanol–water partition coefficient (Wildman–Crippen LogP) is 1.29. The van der Waals surface area contributed by atoms with E-state index in [1.807, 2.05) is 14.0 Å². The van der Waals surface area contributed by atoms with Crippen LogP contribution in [0, 0.1) is 0 Å². The molecule has 0 aliphatic carbocycles. The first kappa shape index (κ1) is 24.0. The molecule has 0 aliphatic rings. The Kier molecular flexibility index (Phi) is 22.7. The summed E-state index contributed by atoms with van der Waals surface area (Å²) >= 11 is 0. The summed E-state index contributed by atoms with van der Waals surface area (Å²) in [6.07, 6.45) is 1.73. The van der Waals surface area contributed by atoms with Gasteiger partial charge in [0.05, 0.1) is 38.6 Å². The number of hydrogen-bond acceptors (Lipinski definition) is 6. The first-order valence-corrected chi connectivity index (χ1v) is 8.18. The highest BCUT2D eigenvalue weighted by molar-refractivity contribution is 4.54. The highest BCUT2D eigenvalue weighted by Gasteiger charge is 1.99. The molecule has 0 aromatic heterocycles. The molecular formula is C16H38N2O4. The third-order valence-electron chi connectivity index (χ3n) is 2.73. The van der Waals surface area contributed by atoms with E-state index in [-0.39, 0.29) is 12.2 Å². The van der Waals surface area contributed by atoms with Gasteiger partial charge in [0.2, 0.25) is 0 Å². The van der Waals surface area contributed by atoms with Crippen molar-refractivity contribution in [1.82, 2.24) is 10.6 Å². The molecule has 0 spiro atoms. The second-order valence-electron chi connectivity index (χ2n) is 5.11. The maximum atomic E-state index is 5.44. The molecule has 0 aromatic rings. The molecule has 0 rings (SSSR count). The number of methoxy groups -OCH3 is 2. The van der Waals surface area contributed by atoms with Gasteiger partial charge >= 0.3 is 0 Å². The maximum absolute atomic E-state index is 5.44. The van der Waals surface area contributed by atoms with Crippen LogP contribution in [0.5, 0.6) is 0 Å². The topological polar surface area (TPSA) is 61.0 Å². The third kappa shape index (κ3) is 22.0. The molecule has 22 heavy (non-hydrogen) atoms. The van der Waals surface area contributed by atoms with Gasteiger partial charge in [-0.1, -0.05) is 6.92 Å². The summed E-state index contributed by atoms with van der Waals surface area (Å²) in [6.45, 7) is 11.9. The lowest BCUT2D eigenvalue weighted by Gasteiger charge is -2.12. The van der Waals surface area contributed by atoms with E-state index in [2.05, 4.69) is 24.5 Å². The van der Waals surface area contributed by atoms with Gasteiger partial charge in [-0.2, -0.15) is 0 Å². The molecule has 2 atom stereocenters. The van der Waals surface area contributed by atoms with E-state index in [0.717, 1.165) is 19.6 Å². The average Bonchev–Trinajstić information content (AvgIpc) is 2.49. The van der Waals surface area contributed by atoms with Crippen LogP contribution < -0.4 is 10.6 Å². The molecule has 0 heterocycles. The van der Waals surface area contributed by atoms with Crippen LogP contribution in [0.4, 0.5) is 0 Å². The Labute approximate surface area is 137 Å². The molecule has 0 saturated carbocycles. The van der Waals surface area contributed by atoms with Crippen molar-refractivity contribution in [3.8, 4) is 0 Å². The summed E-state index contributed by atoms with van der Waals surface area (Å²) in [5.74, 6) is 0. The zero-order chi connectivity index (χ0) is 17.1. The van der Waals surface area contributed by atoms with Crippen LogP contribution >= 0.6 is 0 Å². The van der Waals surface area contributed by atoms with Gasteiger partial charge in [-0.25, -0.2) is 0 Å². The second kappa shape index (κ2) is 20.8. The van der Waals surface area contributed by atoms with Crippen molar-refractivity contribution in [1.29, 1.82) is 0 Å². The Morgan fingerprint density at radius 2 is 1.32 bits per heavy atom. The fourth-order valence-electron chi connectivity index (χ4n) is 1.55. The molecule has 136 valence electrons. The minimum Gasteiger partial charge on any atom is -0.382 e. The van der Waals surface area contributed by atoms with Crippen molar-refractivity contribution in [2.24, 2.45) is 0 Å².